The number of carbonyl (C=O) groups excluding carboxylic acids is 1. The first-order chi connectivity index (χ1) is 15.6. The maximum Gasteiger partial charge on any atom is 0.228 e. The van der Waals surface area contributed by atoms with Gasteiger partial charge in [-0.3, -0.25) is 9.69 Å². The van der Waals surface area contributed by atoms with E-state index in [1.165, 1.54) is 23.5 Å². The summed E-state index contributed by atoms with van der Waals surface area (Å²) in [5.74, 6) is -0.196. The Balaban J connectivity index is 1.75. The van der Waals surface area contributed by atoms with Gasteiger partial charge >= 0.3 is 0 Å². The maximum atomic E-state index is 13.2. The Morgan fingerprint density at radius 2 is 1.67 bits per heavy atom. The normalized spacial score (nSPS) is 11.9. The van der Waals surface area contributed by atoms with Gasteiger partial charge in [-0.15, -0.1) is 0 Å². The molecule has 0 spiro atoms. The Labute approximate surface area is 205 Å². The average Bonchev–Trinajstić information content (AvgIpc) is 3.20. The zero-order valence-corrected chi connectivity index (χ0v) is 21.9. The van der Waals surface area contributed by atoms with Crippen molar-refractivity contribution in [2.24, 2.45) is 0 Å². The molecule has 0 bridgehead atoms. The van der Waals surface area contributed by atoms with Crippen molar-refractivity contribution >= 4 is 54.0 Å². The number of rotatable bonds is 10. The Hall–Kier alpha value is -2.00. The predicted octanol–water partition coefficient (Wildman–Crippen LogP) is 5.11. The Bertz CT molecular complexity index is 1180. The second kappa shape index (κ2) is 11.0. The largest absolute Gasteiger partial charge is 0.309 e. The van der Waals surface area contributed by atoms with Crippen molar-refractivity contribution < 1.29 is 13.2 Å². The number of aryl methyl sites for hydroxylation is 2. The van der Waals surface area contributed by atoms with Gasteiger partial charge in [0.15, 0.2) is 15.0 Å². The summed E-state index contributed by atoms with van der Waals surface area (Å²) in [6, 6.07) is 10.2. The summed E-state index contributed by atoms with van der Waals surface area (Å²) in [4.78, 5) is 22.0. The van der Waals surface area contributed by atoms with E-state index in [9.17, 15) is 13.2 Å². The summed E-state index contributed by atoms with van der Waals surface area (Å²) in [5, 5.41) is 1.16. The highest BCUT2D eigenvalue weighted by Gasteiger charge is 2.22. The molecule has 0 radical (unpaired) electrons. The van der Waals surface area contributed by atoms with Crippen LogP contribution in [0.1, 0.15) is 30.4 Å². The number of thiazole rings is 1. The van der Waals surface area contributed by atoms with E-state index in [-0.39, 0.29) is 29.4 Å². The minimum Gasteiger partial charge on any atom is -0.309 e. The number of hydrogen-bond donors (Lipinski definition) is 0. The summed E-state index contributed by atoms with van der Waals surface area (Å²) in [6.07, 6.45) is 1.19. The van der Waals surface area contributed by atoms with Gasteiger partial charge in [0.05, 0.1) is 20.9 Å². The SMILES string of the molecule is Cc1ccc(C)c2sc(N(CCCN(C)C)C(=O)CCCS(=O)(=O)c3ccc(Cl)cc3)nc12. The van der Waals surface area contributed by atoms with Crippen LogP contribution in [0.15, 0.2) is 41.3 Å². The second-order valence-electron chi connectivity index (χ2n) is 8.45. The summed E-state index contributed by atoms with van der Waals surface area (Å²) in [5.41, 5.74) is 3.13. The number of anilines is 1. The number of sulfone groups is 1. The molecule has 0 atom stereocenters. The smallest absolute Gasteiger partial charge is 0.228 e. The molecule has 0 saturated carbocycles. The van der Waals surface area contributed by atoms with Gasteiger partial charge in [-0.1, -0.05) is 35.1 Å². The molecule has 3 rings (SSSR count). The molecule has 3 aromatic rings. The fourth-order valence-electron chi connectivity index (χ4n) is 3.54. The summed E-state index contributed by atoms with van der Waals surface area (Å²) < 4.78 is 26.3. The first kappa shape index (κ1) is 25.6. The lowest BCUT2D eigenvalue weighted by molar-refractivity contribution is -0.118. The van der Waals surface area contributed by atoms with Crippen LogP contribution in [-0.4, -0.2) is 57.1 Å². The van der Waals surface area contributed by atoms with Gasteiger partial charge in [0, 0.05) is 18.0 Å². The molecular formula is C24H30ClN3O3S2. The first-order valence-electron chi connectivity index (χ1n) is 10.9. The van der Waals surface area contributed by atoms with Gasteiger partial charge in [0.25, 0.3) is 0 Å². The number of aromatic nitrogens is 1. The molecule has 0 aliphatic heterocycles. The number of hydrogen-bond acceptors (Lipinski definition) is 6. The van der Waals surface area contributed by atoms with E-state index in [2.05, 4.69) is 11.0 Å². The predicted molar refractivity (Wildman–Crippen MR) is 137 cm³/mol. The lowest BCUT2D eigenvalue weighted by atomic mass is 10.1. The fraction of sp³-hybridized carbons (Fsp3) is 0.417. The van der Waals surface area contributed by atoms with Gasteiger partial charge in [0.2, 0.25) is 5.91 Å². The first-order valence-corrected chi connectivity index (χ1v) is 13.7. The van der Waals surface area contributed by atoms with E-state index in [1.807, 2.05) is 34.0 Å². The van der Waals surface area contributed by atoms with Crippen molar-refractivity contribution in [3.8, 4) is 0 Å². The third-order valence-electron chi connectivity index (χ3n) is 5.43. The molecule has 0 aliphatic rings. The maximum absolute atomic E-state index is 13.2. The van der Waals surface area contributed by atoms with Crippen LogP contribution in [0.2, 0.25) is 5.02 Å². The molecule has 0 saturated heterocycles. The highest BCUT2D eigenvalue weighted by Crippen LogP contribution is 2.33. The molecule has 1 amide bonds. The number of fused-ring (bicyclic) bond motifs is 1. The Morgan fingerprint density at radius 1 is 1.00 bits per heavy atom. The minimum absolute atomic E-state index is 0.0933. The molecule has 0 fully saturated rings. The lowest BCUT2D eigenvalue weighted by Gasteiger charge is -2.21. The van der Waals surface area contributed by atoms with Gasteiger partial charge in [-0.05, 0) is 82.7 Å². The second-order valence-corrected chi connectivity index (χ2v) is 12.0. The van der Waals surface area contributed by atoms with Gasteiger partial charge in [0.1, 0.15) is 0 Å². The van der Waals surface area contributed by atoms with E-state index >= 15 is 0 Å². The summed E-state index contributed by atoms with van der Waals surface area (Å²) in [7, 11) is 0.524. The van der Waals surface area contributed by atoms with Crippen molar-refractivity contribution in [2.45, 2.75) is 38.0 Å². The Morgan fingerprint density at radius 3 is 2.30 bits per heavy atom. The van der Waals surface area contributed by atoms with E-state index in [1.54, 1.807) is 17.0 Å². The molecule has 0 N–H and O–H groups in total. The molecule has 9 heteroatoms. The van der Waals surface area contributed by atoms with Crippen molar-refractivity contribution in [3.63, 3.8) is 0 Å². The minimum atomic E-state index is -3.47. The number of halogens is 1. The van der Waals surface area contributed by atoms with Crippen molar-refractivity contribution in [2.75, 3.05) is 37.8 Å². The van der Waals surface area contributed by atoms with Crippen LogP contribution in [0.5, 0.6) is 0 Å². The number of carbonyl (C=O) groups is 1. The van der Waals surface area contributed by atoms with E-state index in [0.29, 0.717) is 16.7 Å². The van der Waals surface area contributed by atoms with Gasteiger partial charge < -0.3 is 4.90 Å². The number of benzene rings is 2. The zero-order chi connectivity index (χ0) is 24.2. The van der Waals surface area contributed by atoms with Crippen LogP contribution in [-0.2, 0) is 14.6 Å². The number of nitrogens with zero attached hydrogens (tertiary/aromatic N) is 3. The standard InChI is InChI=1S/C24H30ClN3O3S2/c1-17-8-9-18(2)23-22(17)26-24(32-23)28(15-6-14-27(3)4)21(29)7-5-16-33(30,31)20-12-10-19(25)11-13-20/h8-13H,5-7,14-16H2,1-4H3. The van der Waals surface area contributed by atoms with Crippen LogP contribution in [0, 0.1) is 13.8 Å². The van der Waals surface area contributed by atoms with Crippen LogP contribution in [0.25, 0.3) is 10.2 Å². The van der Waals surface area contributed by atoms with Crippen LogP contribution < -0.4 is 4.90 Å². The highest BCUT2D eigenvalue weighted by atomic mass is 35.5. The van der Waals surface area contributed by atoms with Crippen molar-refractivity contribution in [1.29, 1.82) is 0 Å². The van der Waals surface area contributed by atoms with Gasteiger partial charge in [-0.25, -0.2) is 13.4 Å². The molecule has 6 nitrogen and oxygen atoms in total. The van der Waals surface area contributed by atoms with Crippen molar-refractivity contribution in [1.82, 2.24) is 9.88 Å². The topological polar surface area (TPSA) is 70.6 Å². The molecular weight excluding hydrogens is 478 g/mol. The van der Waals surface area contributed by atoms with Gasteiger partial charge in [-0.2, -0.15) is 0 Å². The molecule has 1 heterocycles. The Kier molecular flexibility index (Phi) is 8.50. The van der Waals surface area contributed by atoms with Crippen LogP contribution in [0.4, 0.5) is 5.13 Å². The van der Waals surface area contributed by atoms with Crippen molar-refractivity contribution in [3.05, 3.63) is 52.5 Å². The molecule has 33 heavy (non-hydrogen) atoms. The highest BCUT2D eigenvalue weighted by molar-refractivity contribution is 7.91. The zero-order valence-electron chi connectivity index (χ0n) is 19.5. The van der Waals surface area contributed by atoms with E-state index < -0.39 is 9.84 Å². The third kappa shape index (κ3) is 6.53. The fourth-order valence-corrected chi connectivity index (χ4v) is 6.14. The summed E-state index contributed by atoms with van der Waals surface area (Å²) in [6.45, 7) is 5.45. The van der Waals surface area contributed by atoms with E-state index in [4.69, 9.17) is 16.6 Å². The molecule has 178 valence electrons. The average molecular weight is 508 g/mol. The third-order valence-corrected chi connectivity index (χ3v) is 8.71. The quantitative estimate of drug-likeness (QED) is 0.381. The lowest BCUT2D eigenvalue weighted by Crippen LogP contribution is -2.33. The molecule has 1 aromatic heterocycles. The monoisotopic (exact) mass is 507 g/mol. The van der Waals surface area contributed by atoms with Crippen LogP contribution in [0.3, 0.4) is 0 Å². The molecule has 2 aromatic carbocycles. The molecule has 0 aliphatic carbocycles. The summed E-state index contributed by atoms with van der Waals surface area (Å²) >= 11 is 7.38. The number of amides is 1. The molecule has 0 unspecified atom stereocenters. The van der Waals surface area contributed by atoms with Crippen LogP contribution >= 0.6 is 22.9 Å². The van der Waals surface area contributed by atoms with E-state index in [0.717, 1.165) is 34.3 Å².